The average Bonchev–Trinajstić information content (AvgIpc) is 3.49. The molecular formula is C60H107NO18. The van der Waals surface area contributed by atoms with Crippen molar-refractivity contribution < 1.29 is 89.4 Å². The lowest BCUT2D eigenvalue weighted by Crippen LogP contribution is -2.66. The Bertz CT molecular complexity index is 1630. The second-order valence-corrected chi connectivity index (χ2v) is 21.8. The van der Waals surface area contributed by atoms with Crippen LogP contribution < -0.4 is 5.32 Å². The van der Waals surface area contributed by atoms with Gasteiger partial charge in [-0.1, -0.05) is 184 Å². The highest BCUT2D eigenvalue weighted by atomic mass is 16.8. The summed E-state index contributed by atoms with van der Waals surface area (Å²) in [6.07, 6.45) is 20.6. The predicted molar refractivity (Wildman–Crippen MR) is 300 cm³/mol. The van der Waals surface area contributed by atoms with Crippen LogP contribution in [0.4, 0.5) is 0 Å². The number of ether oxygens (including phenoxy) is 6. The van der Waals surface area contributed by atoms with Gasteiger partial charge in [-0.15, -0.1) is 0 Å². The van der Waals surface area contributed by atoms with Gasteiger partial charge in [-0.05, 0) is 51.4 Å². The third-order valence-electron chi connectivity index (χ3n) is 15.2. The van der Waals surface area contributed by atoms with Crippen LogP contribution in [0.1, 0.15) is 194 Å². The summed E-state index contributed by atoms with van der Waals surface area (Å²) in [6.45, 7) is 1.65. The summed E-state index contributed by atoms with van der Waals surface area (Å²) in [7, 11) is 0. The molecule has 3 fully saturated rings. The average molecular weight is 1130 g/mol. The van der Waals surface area contributed by atoms with Gasteiger partial charge in [-0.3, -0.25) is 4.79 Å². The van der Waals surface area contributed by atoms with E-state index in [0.717, 1.165) is 83.5 Å². The van der Waals surface area contributed by atoms with Crippen molar-refractivity contribution in [3.63, 3.8) is 0 Å². The van der Waals surface area contributed by atoms with Gasteiger partial charge in [0.05, 0.1) is 38.6 Å². The third kappa shape index (κ3) is 27.3. The minimum Gasteiger partial charge on any atom is -0.394 e. The Morgan fingerprint density at radius 3 is 1.37 bits per heavy atom. The summed E-state index contributed by atoms with van der Waals surface area (Å²) in [5, 5.41) is 120. The molecule has 3 rings (SSSR count). The van der Waals surface area contributed by atoms with Gasteiger partial charge in [0.1, 0.15) is 73.2 Å². The van der Waals surface area contributed by atoms with Crippen LogP contribution in [0.15, 0.2) is 48.6 Å². The summed E-state index contributed by atoms with van der Waals surface area (Å²) in [6, 6.07) is -0.889. The van der Waals surface area contributed by atoms with Gasteiger partial charge in [-0.2, -0.15) is 0 Å². The van der Waals surface area contributed by atoms with Gasteiger partial charge in [0.15, 0.2) is 18.9 Å². The number of carbonyl (C=O) groups is 1. The van der Waals surface area contributed by atoms with Crippen molar-refractivity contribution in [2.45, 2.75) is 298 Å². The van der Waals surface area contributed by atoms with Crippen LogP contribution in [-0.4, -0.2) is 193 Å². The highest BCUT2D eigenvalue weighted by Crippen LogP contribution is 2.33. The van der Waals surface area contributed by atoms with E-state index in [-0.39, 0.29) is 18.9 Å². The highest BCUT2D eigenvalue weighted by Gasteiger charge is 2.53. The van der Waals surface area contributed by atoms with E-state index in [0.29, 0.717) is 12.8 Å². The number of unbranched alkanes of at least 4 members (excludes halogenated alkanes) is 20. The molecule has 3 aliphatic rings. The number of amides is 1. The number of carbonyl (C=O) groups excluding carboxylic acids is 1. The lowest BCUT2D eigenvalue weighted by atomic mass is 9.96. The lowest BCUT2D eigenvalue weighted by Gasteiger charge is -2.48. The molecule has 0 aliphatic carbocycles. The van der Waals surface area contributed by atoms with E-state index >= 15 is 0 Å². The standard InChI is InChI=1S/C60H107NO18/c1-3-5-7-9-11-13-15-16-17-18-19-20-21-22-23-24-25-26-28-30-32-34-36-38-48(66)61-43(44(65)37-35-33-31-29-27-14-12-10-8-6-4-2)42-74-58-54(72)51(69)56(46(40-63)76-58)79-60-55(73)52(70)57(47(41-64)77-60)78-59-53(71)50(68)49(67)45(39-62)75-59/h5,7,11,13,16-17,19-20,43-47,49-60,62-65,67-73H,3-4,6,8-10,12,14-15,18,21-42H2,1-2H3,(H,61,66)/b7-5-,13-11-,17-16-,20-19-. The fourth-order valence-corrected chi connectivity index (χ4v) is 10.2. The maximum atomic E-state index is 13.3. The molecular weight excluding hydrogens is 1020 g/mol. The minimum atomic E-state index is -1.97. The van der Waals surface area contributed by atoms with Crippen molar-refractivity contribution >= 4 is 5.91 Å². The van der Waals surface area contributed by atoms with E-state index in [9.17, 15) is 61.0 Å². The first-order valence-electron chi connectivity index (χ1n) is 30.4. The molecule has 19 nitrogen and oxygen atoms in total. The molecule has 0 aromatic carbocycles. The van der Waals surface area contributed by atoms with Crippen molar-refractivity contribution in [1.82, 2.24) is 5.32 Å². The maximum absolute atomic E-state index is 13.3. The maximum Gasteiger partial charge on any atom is 0.220 e. The molecule has 17 atom stereocenters. The number of rotatable bonds is 44. The normalized spacial score (nSPS) is 30.6. The van der Waals surface area contributed by atoms with Crippen LogP contribution in [0, 0.1) is 0 Å². The molecule has 12 N–H and O–H groups in total. The quantitative estimate of drug-likeness (QED) is 0.0265. The van der Waals surface area contributed by atoms with Gasteiger partial charge >= 0.3 is 0 Å². The molecule has 0 radical (unpaired) electrons. The predicted octanol–water partition coefficient (Wildman–Crippen LogP) is 5.48. The Kier molecular flexibility index (Phi) is 39.0. The van der Waals surface area contributed by atoms with Gasteiger partial charge in [0.2, 0.25) is 5.91 Å². The molecule has 3 heterocycles. The topological polar surface area (TPSA) is 307 Å². The van der Waals surface area contributed by atoms with E-state index in [2.05, 4.69) is 67.8 Å². The molecule has 0 aromatic rings. The number of allylic oxidation sites excluding steroid dienone is 8. The smallest absolute Gasteiger partial charge is 0.220 e. The Morgan fingerprint density at radius 2 is 0.873 bits per heavy atom. The molecule has 3 saturated heterocycles. The first kappa shape index (κ1) is 71.0. The SMILES string of the molecule is CC/C=C\C/C=C\C/C=C\C/C=C\CCCCCCCCCCCCC(=O)NC(COC1OC(CO)C(OC2OC(CO)C(OC3OC(CO)C(O)C(O)C3O)C(O)C2O)C(O)C1O)C(O)CCCCCCCCCCCCC. The van der Waals surface area contributed by atoms with Crippen molar-refractivity contribution in [3.8, 4) is 0 Å². The van der Waals surface area contributed by atoms with Crippen LogP contribution >= 0.6 is 0 Å². The Balaban J connectivity index is 1.45. The van der Waals surface area contributed by atoms with Crippen LogP contribution in [0.3, 0.4) is 0 Å². The van der Waals surface area contributed by atoms with E-state index in [1.165, 1.54) is 77.0 Å². The number of aliphatic hydroxyl groups is 11. The highest BCUT2D eigenvalue weighted by molar-refractivity contribution is 5.76. The summed E-state index contributed by atoms with van der Waals surface area (Å²) >= 11 is 0. The van der Waals surface area contributed by atoms with E-state index in [4.69, 9.17) is 28.4 Å². The Hall–Kier alpha value is -2.25. The molecule has 17 unspecified atom stereocenters. The van der Waals surface area contributed by atoms with Crippen molar-refractivity contribution in [2.24, 2.45) is 0 Å². The number of nitrogens with one attached hydrogen (secondary N) is 1. The van der Waals surface area contributed by atoms with E-state index in [1.54, 1.807) is 0 Å². The van der Waals surface area contributed by atoms with Gasteiger partial charge in [-0.25, -0.2) is 0 Å². The molecule has 0 bridgehead atoms. The van der Waals surface area contributed by atoms with Crippen LogP contribution in [0.5, 0.6) is 0 Å². The molecule has 460 valence electrons. The monoisotopic (exact) mass is 1130 g/mol. The first-order valence-corrected chi connectivity index (χ1v) is 30.4. The number of aliphatic hydroxyl groups excluding tert-OH is 11. The Morgan fingerprint density at radius 1 is 0.468 bits per heavy atom. The van der Waals surface area contributed by atoms with Gasteiger partial charge in [0.25, 0.3) is 0 Å². The van der Waals surface area contributed by atoms with Crippen molar-refractivity contribution in [1.29, 1.82) is 0 Å². The summed E-state index contributed by atoms with van der Waals surface area (Å²) < 4.78 is 34.3. The van der Waals surface area contributed by atoms with Crippen LogP contribution in [-0.2, 0) is 33.2 Å². The second kappa shape index (κ2) is 43.4. The summed E-state index contributed by atoms with van der Waals surface area (Å²) in [5.74, 6) is -0.251. The van der Waals surface area contributed by atoms with Crippen molar-refractivity contribution in [2.75, 3.05) is 26.4 Å². The fraction of sp³-hybridized carbons (Fsp3) is 0.850. The van der Waals surface area contributed by atoms with Crippen LogP contribution in [0.25, 0.3) is 0 Å². The molecule has 0 spiro atoms. The zero-order valence-corrected chi connectivity index (χ0v) is 47.8. The van der Waals surface area contributed by atoms with Gasteiger partial charge in [0, 0.05) is 6.42 Å². The summed E-state index contributed by atoms with van der Waals surface area (Å²) in [5.41, 5.74) is 0. The zero-order valence-electron chi connectivity index (χ0n) is 47.8. The van der Waals surface area contributed by atoms with E-state index in [1.807, 2.05) is 0 Å². The minimum absolute atomic E-state index is 0.251. The number of hydrogen-bond acceptors (Lipinski definition) is 18. The second-order valence-electron chi connectivity index (χ2n) is 21.8. The third-order valence-corrected chi connectivity index (χ3v) is 15.2. The molecule has 19 heteroatoms. The summed E-state index contributed by atoms with van der Waals surface area (Å²) in [4.78, 5) is 13.3. The number of hydrogen-bond donors (Lipinski definition) is 12. The zero-order chi connectivity index (χ0) is 57.6. The first-order chi connectivity index (χ1) is 38.3. The molecule has 0 aromatic heterocycles. The van der Waals surface area contributed by atoms with Crippen LogP contribution in [0.2, 0.25) is 0 Å². The Labute approximate surface area is 472 Å². The molecule has 3 aliphatic heterocycles. The van der Waals surface area contributed by atoms with Gasteiger partial charge < -0.3 is 89.9 Å². The lowest BCUT2D eigenvalue weighted by molar-refractivity contribution is -0.379. The molecule has 1 amide bonds. The largest absolute Gasteiger partial charge is 0.394 e. The van der Waals surface area contributed by atoms with E-state index < -0.39 is 124 Å². The molecule has 0 saturated carbocycles. The fourth-order valence-electron chi connectivity index (χ4n) is 10.2. The molecule has 79 heavy (non-hydrogen) atoms. The van der Waals surface area contributed by atoms with Crippen molar-refractivity contribution in [3.05, 3.63) is 48.6 Å².